The molecule has 1 aliphatic rings. The Kier molecular flexibility index (Phi) is 2.86. The second kappa shape index (κ2) is 4.68. The molecule has 0 bridgehead atoms. The summed E-state index contributed by atoms with van der Waals surface area (Å²) >= 11 is 0. The highest BCUT2D eigenvalue weighted by molar-refractivity contribution is 5.98. The van der Waals surface area contributed by atoms with Crippen molar-refractivity contribution in [2.45, 2.75) is 6.92 Å². The van der Waals surface area contributed by atoms with Crippen molar-refractivity contribution in [2.75, 3.05) is 0 Å². The first-order valence-corrected chi connectivity index (χ1v) is 6.04. The molecule has 2 aromatic rings. The molecule has 20 heavy (non-hydrogen) atoms. The average molecular weight is 266 g/mol. The summed E-state index contributed by atoms with van der Waals surface area (Å²) in [6, 6.07) is 9.10. The van der Waals surface area contributed by atoms with Gasteiger partial charge in [-0.1, -0.05) is 24.3 Å². The Morgan fingerprint density at radius 1 is 1.20 bits per heavy atom. The molecule has 0 radical (unpaired) electrons. The third-order valence-electron chi connectivity index (χ3n) is 2.97. The van der Waals surface area contributed by atoms with Crippen molar-refractivity contribution in [3.05, 3.63) is 47.7 Å². The van der Waals surface area contributed by atoms with Crippen LogP contribution >= 0.6 is 0 Å². The first-order valence-electron chi connectivity index (χ1n) is 6.04. The Hall–Kier alpha value is -2.84. The highest BCUT2D eigenvalue weighted by Gasteiger charge is 2.17. The number of carbonyl (C=O) groups excluding carboxylic acids is 2. The lowest BCUT2D eigenvalue weighted by atomic mass is 10.0. The van der Waals surface area contributed by atoms with Crippen LogP contribution < -0.4 is 9.47 Å². The summed E-state index contributed by atoms with van der Waals surface area (Å²) in [5.74, 6) is 2.51. The zero-order valence-corrected chi connectivity index (χ0v) is 10.7. The van der Waals surface area contributed by atoms with E-state index in [2.05, 4.69) is 0 Å². The maximum atomic E-state index is 11.2. The minimum atomic E-state index is -0.385. The molecule has 3 rings (SSSR count). The largest absolute Gasteiger partial charge is 0.444 e. The van der Waals surface area contributed by atoms with Crippen molar-refractivity contribution in [1.82, 2.24) is 0 Å². The predicted molar refractivity (Wildman–Crippen MR) is 74.1 cm³/mol. The molecule has 4 heteroatoms. The van der Waals surface area contributed by atoms with E-state index in [1.54, 1.807) is 18.1 Å². The minimum absolute atomic E-state index is 0.128. The maximum absolute atomic E-state index is 11.2. The number of ether oxygens (including phenoxy) is 2. The second-order valence-corrected chi connectivity index (χ2v) is 4.33. The van der Waals surface area contributed by atoms with E-state index in [0.29, 0.717) is 11.5 Å². The standard InChI is InChI=1S/C16H10O4/c1-10(18)19-15-8-11-6-7-12(9-17)20-16(11)14-5-3-2-4-13(14)15/h2-8H,1H3. The molecule has 0 fully saturated rings. The van der Waals surface area contributed by atoms with Gasteiger partial charge in [0.1, 0.15) is 11.5 Å². The minimum Gasteiger partial charge on any atom is -0.444 e. The average Bonchev–Trinajstić information content (AvgIpc) is 2.46. The summed E-state index contributed by atoms with van der Waals surface area (Å²) < 4.78 is 10.8. The zero-order chi connectivity index (χ0) is 14.1. The molecular weight excluding hydrogens is 256 g/mol. The summed E-state index contributed by atoms with van der Waals surface area (Å²) in [4.78, 5) is 21.9. The number of hydrogen-bond donors (Lipinski definition) is 0. The lowest BCUT2D eigenvalue weighted by Crippen LogP contribution is -2.05. The van der Waals surface area contributed by atoms with Crippen LogP contribution in [0, 0.1) is 0 Å². The van der Waals surface area contributed by atoms with Gasteiger partial charge in [0.15, 0.2) is 5.94 Å². The van der Waals surface area contributed by atoms with Gasteiger partial charge in [-0.3, -0.25) is 4.79 Å². The fourth-order valence-electron chi connectivity index (χ4n) is 2.18. The lowest BCUT2D eigenvalue weighted by Gasteiger charge is -2.17. The van der Waals surface area contributed by atoms with E-state index in [-0.39, 0.29) is 11.7 Å². The number of carbonyl (C=O) groups is 1. The van der Waals surface area contributed by atoms with Gasteiger partial charge in [-0.15, -0.1) is 0 Å². The van der Waals surface area contributed by atoms with Gasteiger partial charge < -0.3 is 9.47 Å². The maximum Gasteiger partial charge on any atom is 0.308 e. The molecule has 0 amide bonds. The summed E-state index contributed by atoms with van der Waals surface area (Å²) in [6.45, 7) is 1.35. The third kappa shape index (κ3) is 1.98. The quantitative estimate of drug-likeness (QED) is 0.452. The Balaban J connectivity index is 2.30. The molecule has 1 heterocycles. The van der Waals surface area contributed by atoms with Gasteiger partial charge in [-0.05, 0) is 18.2 Å². The van der Waals surface area contributed by atoms with Gasteiger partial charge in [0.05, 0.1) is 0 Å². The number of fused-ring (bicyclic) bond motifs is 3. The number of rotatable bonds is 1. The molecule has 0 saturated carbocycles. The molecule has 2 aromatic carbocycles. The first kappa shape index (κ1) is 12.2. The van der Waals surface area contributed by atoms with Crippen LogP contribution in [0.15, 0.2) is 42.2 Å². The number of benzene rings is 2. The number of allylic oxidation sites excluding steroid dienone is 1. The van der Waals surface area contributed by atoms with E-state index in [9.17, 15) is 9.59 Å². The van der Waals surface area contributed by atoms with Crippen LogP contribution in [0.2, 0.25) is 0 Å². The van der Waals surface area contributed by atoms with Crippen LogP contribution in [0.1, 0.15) is 12.5 Å². The van der Waals surface area contributed by atoms with Crippen LogP contribution in [0.25, 0.3) is 16.8 Å². The van der Waals surface area contributed by atoms with Gasteiger partial charge >= 0.3 is 5.97 Å². The fraction of sp³-hybridized carbons (Fsp3) is 0.0625. The predicted octanol–water partition coefficient (Wildman–Crippen LogP) is 2.89. The van der Waals surface area contributed by atoms with E-state index in [4.69, 9.17) is 9.47 Å². The van der Waals surface area contributed by atoms with E-state index < -0.39 is 0 Å². The summed E-state index contributed by atoms with van der Waals surface area (Å²) in [5.41, 5.74) is 0.749. The Morgan fingerprint density at radius 2 is 1.95 bits per heavy atom. The second-order valence-electron chi connectivity index (χ2n) is 4.33. The first-order chi connectivity index (χ1) is 9.69. The molecule has 4 nitrogen and oxygen atoms in total. The SMILES string of the molecule is CC(=O)Oc1cc2c(c3ccccc13)OC(=C=O)C=C2. The molecule has 98 valence electrons. The lowest BCUT2D eigenvalue weighted by molar-refractivity contribution is -0.131. The molecule has 0 unspecified atom stereocenters. The smallest absolute Gasteiger partial charge is 0.308 e. The topological polar surface area (TPSA) is 52.6 Å². The normalized spacial score (nSPS) is 12.6. The van der Waals surface area contributed by atoms with Crippen LogP contribution in [0.4, 0.5) is 0 Å². The van der Waals surface area contributed by atoms with Crippen molar-refractivity contribution in [1.29, 1.82) is 0 Å². The van der Waals surface area contributed by atoms with Crippen LogP contribution in [0.3, 0.4) is 0 Å². The summed E-state index contributed by atoms with van der Waals surface area (Å²) in [5, 5.41) is 1.53. The highest BCUT2D eigenvalue weighted by atomic mass is 16.5. The summed E-state index contributed by atoms with van der Waals surface area (Å²) in [6.07, 6.45) is 3.26. The Bertz CT molecular complexity index is 795. The number of hydrogen-bond acceptors (Lipinski definition) is 4. The molecule has 0 aliphatic carbocycles. The molecule has 0 aromatic heterocycles. The van der Waals surface area contributed by atoms with E-state index in [0.717, 1.165) is 16.3 Å². The zero-order valence-electron chi connectivity index (χ0n) is 10.7. The van der Waals surface area contributed by atoms with Crippen molar-refractivity contribution in [3.63, 3.8) is 0 Å². The Morgan fingerprint density at radius 3 is 2.65 bits per heavy atom. The molecule has 0 saturated heterocycles. The monoisotopic (exact) mass is 266 g/mol. The van der Waals surface area contributed by atoms with Crippen LogP contribution in [-0.4, -0.2) is 11.9 Å². The Labute approximate surface area is 114 Å². The summed E-state index contributed by atoms with van der Waals surface area (Å²) in [7, 11) is 0. The van der Waals surface area contributed by atoms with Crippen LogP contribution in [-0.2, 0) is 9.59 Å². The van der Waals surface area contributed by atoms with Crippen molar-refractivity contribution < 1.29 is 19.1 Å². The van der Waals surface area contributed by atoms with Gasteiger partial charge in [0.25, 0.3) is 0 Å². The van der Waals surface area contributed by atoms with Crippen molar-refractivity contribution in [3.8, 4) is 11.5 Å². The van der Waals surface area contributed by atoms with Gasteiger partial charge in [0.2, 0.25) is 5.76 Å². The molecule has 0 spiro atoms. The van der Waals surface area contributed by atoms with Crippen molar-refractivity contribution in [2.24, 2.45) is 0 Å². The van der Waals surface area contributed by atoms with E-state index in [1.807, 2.05) is 24.3 Å². The van der Waals surface area contributed by atoms with Crippen LogP contribution in [0.5, 0.6) is 11.5 Å². The van der Waals surface area contributed by atoms with E-state index >= 15 is 0 Å². The van der Waals surface area contributed by atoms with E-state index in [1.165, 1.54) is 13.0 Å². The fourth-order valence-corrected chi connectivity index (χ4v) is 2.18. The number of esters is 1. The van der Waals surface area contributed by atoms with Gasteiger partial charge in [-0.2, -0.15) is 0 Å². The molecular formula is C16H10O4. The van der Waals surface area contributed by atoms with Crippen molar-refractivity contribution >= 4 is 28.8 Å². The molecule has 1 aliphatic heterocycles. The third-order valence-corrected chi connectivity index (χ3v) is 2.97. The van der Waals surface area contributed by atoms with Gasteiger partial charge in [0, 0.05) is 23.3 Å². The highest BCUT2D eigenvalue weighted by Crippen LogP contribution is 2.40. The molecule has 0 atom stereocenters. The molecule has 0 N–H and O–H groups in total. The van der Waals surface area contributed by atoms with Gasteiger partial charge in [-0.25, -0.2) is 4.79 Å².